The van der Waals surface area contributed by atoms with Crippen molar-refractivity contribution in [3.05, 3.63) is 63.7 Å². The van der Waals surface area contributed by atoms with Crippen molar-refractivity contribution < 1.29 is 30.9 Å². The van der Waals surface area contributed by atoms with Gasteiger partial charge in [0.2, 0.25) is 5.50 Å². The summed E-state index contributed by atoms with van der Waals surface area (Å²) in [6.45, 7) is 5.70. The van der Waals surface area contributed by atoms with Crippen molar-refractivity contribution in [2.45, 2.75) is 89.7 Å². The van der Waals surface area contributed by atoms with Gasteiger partial charge in [0.15, 0.2) is 0 Å². The highest BCUT2D eigenvalue weighted by Crippen LogP contribution is 2.42. The number of thioether (sulfide) groups is 1. The number of aryl methyl sites for hydroxylation is 2. The average Bonchev–Trinajstić information content (AvgIpc) is 3.62. The summed E-state index contributed by atoms with van der Waals surface area (Å²) in [4.78, 5) is 2.39. The van der Waals surface area contributed by atoms with Crippen molar-refractivity contribution in [1.29, 1.82) is 0 Å². The topological polar surface area (TPSA) is 41.6 Å². The highest BCUT2D eigenvalue weighted by molar-refractivity contribution is 8.14. The van der Waals surface area contributed by atoms with Crippen molar-refractivity contribution in [2.75, 3.05) is 18.0 Å². The first-order chi connectivity index (χ1) is 19.3. The Morgan fingerprint density at radius 3 is 2.05 bits per heavy atom. The number of alkyl halides is 6. The van der Waals surface area contributed by atoms with E-state index in [1.807, 2.05) is 0 Å². The Morgan fingerprint density at radius 2 is 1.51 bits per heavy atom. The molecular weight excluding hydrogens is 562 g/mol. The summed E-state index contributed by atoms with van der Waals surface area (Å²) >= 11 is 1.30. The van der Waals surface area contributed by atoms with Crippen LogP contribution < -0.4 is 10.6 Å². The van der Waals surface area contributed by atoms with E-state index < -0.39 is 29.0 Å². The molecule has 0 saturated heterocycles. The van der Waals surface area contributed by atoms with Crippen LogP contribution in [0.15, 0.2) is 35.4 Å². The maximum atomic E-state index is 13.7. The minimum Gasteiger partial charge on any atom is -0.371 e. The molecule has 2 atom stereocenters. The summed E-state index contributed by atoms with van der Waals surface area (Å²) in [7, 11) is 0. The molecule has 2 aromatic carbocycles. The molecule has 1 saturated carbocycles. The Labute approximate surface area is 241 Å². The van der Waals surface area contributed by atoms with Crippen LogP contribution in [0, 0.1) is 5.92 Å². The standard InChI is InChI=1S/C30H37F6N4S/c1-3-39(16-20-7-4-5-8-20)27-14-23-10-6-9-22(23)13-24(27)18-40(28(37)41-19(2)38-40)17-21-11-25(29(31,32)33)15-26(12-21)30(34,35)36/h11-15,20,28H,3-10,16-18,37H2,1-2H3/q+1. The van der Waals surface area contributed by atoms with Crippen molar-refractivity contribution >= 4 is 22.5 Å². The fourth-order valence-electron chi connectivity index (χ4n) is 6.65. The Morgan fingerprint density at radius 1 is 0.902 bits per heavy atom. The molecule has 11 heteroatoms. The quantitative estimate of drug-likeness (QED) is 0.247. The van der Waals surface area contributed by atoms with Gasteiger partial charge in [-0.3, -0.25) is 5.73 Å². The maximum Gasteiger partial charge on any atom is 0.416 e. The fourth-order valence-corrected chi connectivity index (χ4v) is 7.60. The van der Waals surface area contributed by atoms with Gasteiger partial charge in [-0.1, -0.05) is 17.9 Å². The molecule has 224 valence electrons. The van der Waals surface area contributed by atoms with Gasteiger partial charge in [0.1, 0.15) is 18.1 Å². The van der Waals surface area contributed by atoms with E-state index in [-0.39, 0.29) is 29.3 Å². The zero-order chi connectivity index (χ0) is 29.6. The molecule has 4 nitrogen and oxygen atoms in total. The lowest BCUT2D eigenvalue weighted by atomic mass is 10.00. The SMILES string of the molecule is CCN(CC1CCCC1)c1cc2c(cc1C[N+]1(Cc3cc(C(F)(F)F)cc(C(F)(F)F)c3)N=C(C)SC1N)CCC2. The normalized spacial score (nSPS) is 23.2. The van der Waals surface area contributed by atoms with Crippen LogP contribution in [-0.4, -0.2) is 28.2 Å². The molecule has 1 fully saturated rings. The monoisotopic (exact) mass is 599 g/mol. The maximum absolute atomic E-state index is 13.7. The summed E-state index contributed by atoms with van der Waals surface area (Å²) in [5.41, 5.74) is 7.82. The lowest BCUT2D eigenvalue weighted by molar-refractivity contribution is -0.966. The van der Waals surface area contributed by atoms with E-state index in [2.05, 4.69) is 24.0 Å². The lowest BCUT2D eigenvalue weighted by Gasteiger charge is -2.35. The molecule has 1 heterocycles. The minimum atomic E-state index is -4.92. The van der Waals surface area contributed by atoms with Gasteiger partial charge in [-0.05, 0) is 105 Å². The molecule has 0 aromatic heterocycles. The van der Waals surface area contributed by atoms with Crippen LogP contribution in [0.25, 0.3) is 0 Å². The van der Waals surface area contributed by atoms with Crippen LogP contribution in [0.5, 0.6) is 0 Å². The zero-order valence-electron chi connectivity index (χ0n) is 23.4. The van der Waals surface area contributed by atoms with Crippen molar-refractivity contribution in [3.63, 3.8) is 0 Å². The molecule has 3 aliphatic rings. The number of hydrogen-bond donors (Lipinski definition) is 1. The summed E-state index contributed by atoms with van der Waals surface area (Å²) in [5, 5.41) is 5.46. The lowest BCUT2D eigenvalue weighted by Crippen LogP contribution is -2.50. The van der Waals surface area contributed by atoms with Crippen LogP contribution in [0.3, 0.4) is 0 Å². The molecule has 2 unspecified atom stereocenters. The summed E-state index contributed by atoms with van der Waals surface area (Å²) in [5.74, 6) is 0.606. The van der Waals surface area contributed by atoms with Crippen LogP contribution in [-0.2, 0) is 38.3 Å². The van der Waals surface area contributed by atoms with Gasteiger partial charge in [0.05, 0.1) is 11.1 Å². The third kappa shape index (κ3) is 6.57. The van der Waals surface area contributed by atoms with Gasteiger partial charge in [-0.15, -0.1) is 0 Å². The smallest absolute Gasteiger partial charge is 0.371 e. The van der Waals surface area contributed by atoms with Gasteiger partial charge in [-0.25, -0.2) is 0 Å². The Bertz CT molecular complexity index is 1270. The molecule has 41 heavy (non-hydrogen) atoms. The first kappa shape index (κ1) is 30.2. The van der Waals surface area contributed by atoms with E-state index >= 15 is 0 Å². The van der Waals surface area contributed by atoms with E-state index in [4.69, 9.17) is 10.8 Å². The van der Waals surface area contributed by atoms with Crippen LogP contribution in [0.1, 0.15) is 79.3 Å². The van der Waals surface area contributed by atoms with Crippen LogP contribution in [0.4, 0.5) is 32.0 Å². The Kier molecular flexibility index (Phi) is 8.44. The number of hydrogen-bond acceptors (Lipinski definition) is 4. The van der Waals surface area contributed by atoms with E-state index in [1.54, 1.807) is 6.92 Å². The zero-order valence-corrected chi connectivity index (χ0v) is 24.2. The molecule has 2 aliphatic carbocycles. The molecule has 0 bridgehead atoms. The van der Waals surface area contributed by atoms with E-state index in [1.165, 1.54) is 48.6 Å². The highest BCUT2D eigenvalue weighted by Gasteiger charge is 2.45. The summed E-state index contributed by atoms with van der Waals surface area (Å²) < 4.78 is 81.8. The molecule has 0 amide bonds. The first-order valence-electron chi connectivity index (χ1n) is 14.3. The van der Waals surface area contributed by atoms with E-state index in [0.29, 0.717) is 11.0 Å². The molecule has 0 radical (unpaired) electrons. The third-order valence-electron chi connectivity index (χ3n) is 8.62. The highest BCUT2D eigenvalue weighted by atomic mass is 32.2. The summed E-state index contributed by atoms with van der Waals surface area (Å²) in [6, 6.07) is 6.21. The second kappa shape index (κ2) is 11.4. The van der Waals surface area contributed by atoms with Crippen LogP contribution >= 0.6 is 11.8 Å². The molecule has 5 rings (SSSR count). The van der Waals surface area contributed by atoms with Gasteiger partial charge >= 0.3 is 12.4 Å². The minimum absolute atomic E-state index is 0.0948. The second-order valence-electron chi connectivity index (χ2n) is 11.6. The predicted octanol–water partition coefficient (Wildman–Crippen LogP) is 8.07. The van der Waals surface area contributed by atoms with Crippen LogP contribution in [0.2, 0.25) is 0 Å². The molecule has 2 N–H and O–H groups in total. The van der Waals surface area contributed by atoms with Crippen molar-refractivity contribution in [1.82, 2.24) is 0 Å². The fraction of sp³-hybridized carbons (Fsp3) is 0.567. The molecule has 2 aromatic rings. The van der Waals surface area contributed by atoms with Gasteiger partial charge in [0.25, 0.3) is 0 Å². The number of fused-ring (bicyclic) bond motifs is 1. The number of anilines is 1. The Balaban J connectivity index is 1.57. The van der Waals surface area contributed by atoms with Gasteiger partial charge < -0.3 is 4.90 Å². The summed E-state index contributed by atoms with van der Waals surface area (Å²) in [6.07, 6.45) is -1.98. The largest absolute Gasteiger partial charge is 0.416 e. The average molecular weight is 600 g/mol. The van der Waals surface area contributed by atoms with Gasteiger partial charge in [-0.2, -0.15) is 30.9 Å². The number of quaternary nitrogens is 1. The van der Waals surface area contributed by atoms with Gasteiger partial charge in [0, 0.05) is 29.9 Å². The second-order valence-corrected chi connectivity index (χ2v) is 12.9. The van der Waals surface area contributed by atoms with E-state index in [9.17, 15) is 26.3 Å². The van der Waals surface area contributed by atoms with Crippen molar-refractivity contribution in [2.24, 2.45) is 16.8 Å². The van der Waals surface area contributed by atoms with E-state index in [0.717, 1.165) is 55.7 Å². The Hall–Kier alpha value is -2.24. The molecule has 0 spiro atoms. The number of rotatable bonds is 8. The number of nitrogens with zero attached hydrogens (tertiary/aromatic N) is 3. The molecular formula is C30H37F6N4S+. The number of benzene rings is 2. The van der Waals surface area contributed by atoms with Crippen molar-refractivity contribution in [3.8, 4) is 0 Å². The third-order valence-corrected chi connectivity index (χ3v) is 9.68. The number of nitrogens with two attached hydrogens (primary N) is 1. The predicted molar refractivity (Wildman–Crippen MR) is 151 cm³/mol. The molecule has 1 aliphatic heterocycles. The number of halogens is 6. The first-order valence-corrected chi connectivity index (χ1v) is 15.2.